The topological polar surface area (TPSA) is 18.5 Å². The second kappa shape index (κ2) is 18.4. The van der Waals surface area contributed by atoms with Crippen molar-refractivity contribution in [3.8, 4) is 33.8 Å². The molecule has 6 aromatic rings. The number of hydrogen-bond donors (Lipinski definition) is 0. The second-order valence-electron chi connectivity index (χ2n) is 17.9. The number of benzene rings is 2. The minimum Gasteiger partial charge on any atom is -0.530 e. The molecule has 2 aliphatic rings. The molecule has 0 spiro atoms. The molecule has 0 aromatic heterocycles. The summed E-state index contributed by atoms with van der Waals surface area (Å²) in [5.41, 5.74) is 16.8. The Hall–Kier alpha value is -3.82. The summed E-state index contributed by atoms with van der Waals surface area (Å²) in [5.74, 6) is 2.03. The van der Waals surface area contributed by atoms with Crippen LogP contribution in [0.1, 0.15) is 99.9 Å². The van der Waals surface area contributed by atoms with Crippen LogP contribution in [-0.4, -0.2) is 22.3 Å². The van der Waals surface area contributed by atoms with E-state index >= 15 is 0 Å². The number of methoxy groups -OCH3 is 2. The van der Waals surface area contributed by atoms with Crippen LogP contribution in [0.2, 0.25) is 13.1 Å². The zero-order valence-corrected chi connectivity index (χ0v) is 39.1. The molecule has 0 radical (unpaired) electrons. The monoisotopic (exact) mass is 856 g/mol. The van der Waals surface area contributed by atoms with Gasteiger partial charge in [-0.15, -0.1) is 24.3 Å². The molecule has 0 fully saturated rings. The summed E-state index contributed by atoms with van der Waals surface area (Å²) >= 11 is 0. The molecule has 0 bridgehead atoms. The van der Waals surface area contributed by atoms with Gasteiger partial charge in [0.25, 0.3) is 0 Å². The van der Waals surface area contributed by atoms with Gasteiger partial charge in [-0.25, -0.2) is 24.3 Å². The number of allylic oxidation sites excluding steroid dienone is 2. The molecule has 5 heteroatoms. The molecule has 6 aromatic carbocycles. The molecular formula is C52H60Fe2O2Si. The first-order valence-corrected chi connectivity index (χ1v) is 22.9. The van der Waals surface area contributed by atoms with Crippen molar-refractivity contribution in [3.05, 3.63) is 166 Å². The molecule has 2 nitrogen and oxygen atoms in total. The Morgan fingerprint density at radius 2 is 0.860 bits per heavy atom. The quantitative estimate of drug-likeness (QED) is 0.123. The van der Waals surface area contributed by atoms with E-state index in [1.807, 2.05) is 74.9 Å². The Morgan fingerprint density at radius 3 is 1.11 bits per heavy atom. The van der Waals surface area contributed by atoms with Crippen molar-refractivity contribution >= 4 is 20.2 Å². The number of ether oxygens (including phenoxy) is 2. The minimum atomic E-state index is -2.12. The fourth-order valence-electron chi connectivity index (χ4n) is 9.28. The van der Waals surface area contributed by atoms with Gasteiger partial charge in [0.05, 0.1) is 33.8 Å². The minimum absolute atomic E-state index is 0. The van der Waals surface area contributed by atoms with E-state index in [0.717, 1.165) is 11.5 Å². The molecule has 57 heavy (non-hydrogen) atoms. The van der Waals surface area contributed by atoms with Gasteiger partial charge < -0.3 is 9.47 Å². The van der Waals surface area contributed by atoms with Crippen LogP contribution >= 0.6 is 0 Å². The van der Waals surface area contributed by atoms with Gasteiger partial charge in [0, 0.05) is 0 Å². The van der Waals surface area contributed by atoms with Gasteiger partial charge in [-0.2, -0.15) is 60.7 Å². The predicted octanol–water partition coefficient (Wildman–Crippen LogP) is 14.4. The van der Waals surface area contributed by atoms with Gasteiger partial charge in [0.2, 0.25) is 0 Å². The summed E-state index contributed by atoms with van der Waals surface area (Å²) < 4.78 is 12.5. The molecule has 0 aliphatic heterocycles. The standard InChI is InChI=1S/C42H50O2Si.2C5H5.2Fe/c1-25-21-29-31(23-33(41(3,4)5)37(43-9)35(29)27-17-13-14-18-27)39(25)45(11,12)40-26(2)22-30-32(40)24-34(42(6,7)8)38(44-10)36(30)28-19-15-16-20-28;2*1-2-4-5-3-1;;/h13-24,39-40H,1-12H3;2*1-5H;;/q-2;2*-1;2*+2. The Bertz CT molecular complexity index is 2040. The molecular weight excluding hydrogens is 796 g/mol. The maximum atomic E-state index is 6.25. The van der Waals surface area contributed by atoms with Crippen molar-refractivity contribution < 1.29 is 43.6 Å². The van der Waals surface area contributed by atoms with Gasteiger partial charge >= 0.3 is 34.1 Å². The largest absolute Gasteiger partial charge is 2.00 e. The van der Waals surface area contributed by atoms with E-state index in [9.17, 15) is 0 Å². The number of hydrogen-bond acceptors (Lipinski definition) is 2. The van der Waals surface area contributed by atoms with E-state index in [4.69, 9.17) is 9.47 Å². The third-order valence-electron chi connectivity index (χ3n) is 11.5. The van der Waals surface area contributed by atoms with Crippen LogP contribution in [0.3, 0.4) is 0 Å². The third kappa shape index (κ3) is 9.10. The van der Waals surface area contributed by atoms with Crippen LogP contribution in [0, 0.1) is 0 Å². The Balaban J connectivity index is 0.000000523. The number of rotatable bonds is 6. The molecule has 0 N–H and O–H groups in total. The molecule has 0 saturated heterocycles. The predicted molar refractivity (Wildman–Crippen MR) is 240 cm³/mol. The van der Waals surface area contributed by atoms with Gasteiger partial charge in [0.15, 0.2) is 0 Å². The second-order valence-corrected chi connectivity index (χ2v) is 22.7. The molecule has 2 unspecified atom stereocenters. The van der Waals surface area contributed by atoms with Crippen molar-refractivity contribution in [1.29, 1.82) is 0 Å². The maximum absolute atomic E-state index is 6.25. The summed E-state index contributed by atoms with van der Waals surface area (Å²) in [6.45, 7) is 23.9. The van der Waals surface area contributed by atoms with Crippen molar-refractivity contribution in [2.45, 2.75) is 90.4 Å². The average Bonchev–Trinajstić information content (AvgIpc) is 3.98. The summed E-state index contributed by atoms with van der Waals surface area (Å²) in [7, 11) is 1.55. The first-order chi connectivity index (χ1) is 26.1. The van der Waals surface area contributed by atoms with E-state index in [1.165, 1.54) is 66.8 Å². The van der Waals surface area contributed by atoms with Crippen LogP contribution < -0.4 is 9.47 Å². The molecule has 8 rings (SSSR count). The third-order valence-corrected chi connectivity index (χ3v) is 16.0. The molecule has 0 saturated carbocycles. The van der Waals surface area contributed by atoms with Crippen LogP contribution in [0.4, 0.5) is 0 Å². The van der Waals surface area contributed by atoms with Gasteiger partial charge in [-0.05, 0) is 46.9 Å². The van der Waals surface area contributed by atoms with Crippen LogP contribution in [0.15, 0.2) is 132 Å². The van der Waals surface area contributed by atoms with Gasteiger partial charge in [-0.1, -0.05) is 135 Å². The van der Waals surface area contributed by atoms with Crippen LogP contribution in [0.25, 0.3) is 34.4 Å². The summed E-state index contributed by atoms with van der Waals surface area (Å²) in [4.78, 5) is 0. The van der Waals surface area contributed by atoms with E-state index in [2.05, 4.69) is 141 Å². The molecule has 300 valence electrons. The molecule has 0 amide bonds. The van der Waals surface area contributed by atoms with E-state index in [0.29, 0.717) is 11.1 Å². The smallest absolute Gasteiger partial charge is 0.530 e. The zero-order valence-electron chi connectivity index (χ0n) is 35.9. The van der Waals surface area contributed by atoms with Crippen molar-refractivity contribution in [1.82, 2.24) is 0 Å². The Labute approximate surface area is 365 Å². The summed E-state index contributed by atoms with van der Waals surface area (Å²) in [6.07, 6.45) is 4.95. The molecule has 2 aliphatic carbocycles. The van der Waals surface area contributed by atoms with Crippen molar-refractivity contribution in [2.75, 3.05) is 14.2 Å². The molecule has 2 atom stereocenters. The van der Waals surface area contributed by atoms with Gasteiger partial charge in [0.1, 0.15) is 0 Å². The summed E-state index contributed by atoms with van der Waals surface area (Å²) in [5, 5.41) is 0. The number of fused-ring (bicyclic) bond motifs is 2. The zero-order chi connectivity index (χ0) is 39.7. The normalized spacial score (nSPS) is 15.6. The fourth-order valence-corrected chi connectivity index (χ4v) is 14.2. The Kier molecular flexibility index (Phi) is 14.8. The SMILES string of the molecule is COc1c(C(C)(C)C)cc2c(c1-[c-]1cccc1)C=C(C)C2[Si](C)(C)C1C(C)=Cc2c1cc(C(C)(C)C)c(OC)c2-[c-]1cccc1.[Fe+2].[Fe+2].c1cc[cH-]c1.c1cc[cH-]c1. The molecule has 0 heterocycles. The fraction of sp³-hybridized carbons (Fsp3) is 0.308. The van der Waals surface area contributed by atoms with Crippen molar-refractivity contribution in [3.63, 3.8) is 0 Å². The van der Waals surface area contributed by atoms with Crippen LogP contribution in [-0.2, 0) is 45.0 Å². The summed E-state index contributed by atoms with van der Waals surface area (Å²) in [6, 6.07) is 42.5. The first kappa shape index (κ1) is 45.9. The van der Waals surface area contributed by atoms with E-state index in [1.54, 1.807) is 0 Å². The van der Waals surface area contributed by atoms with E-state index in [-0.39, 0.29) is 45.0 Å². The van der Waals surface area contributed by atoms with E-state index < -0.39 is 8.07 Å². The van der Waals surface area contributed by atoms with Crippen LogP contribution in [0.5, 0.6) is 11.5 Å². The van der Waals surface area contributed by atoms with Gasteiger partial charge in [-0.3, -0.25) is 0 Å². The van der Waals surface area contributed by atoms with Crippen molar-refractivity contribution in [2.24, 2.45) is 0 Å². The average molecular weight is 857 g/mol. The Morgan fingerprint density at radius 1 is 0.544 bits per heavy atom. The first-order valence-electron chi connectivity index (χ1n) is 19.8. The maximum Gasteiger partial charge on any atom is 2.00 e.